The largest absolute Gasteiger partial charge is 0.496 e. The zero-order chi connectivity index (χ0) is 13.4. The number of thiophene rings is 1. The molecule has 0 saturated carbocycles. The van der Waals surface area contributed by atoms with Gasteiger partial charge in [0.15, 0.2) is 5.58 Å². The Labute approximate surface area is 117 Å². The van der Waals surface area contributed by atoms with Gasteiger partial charge in [-0.2, -0.15) is 0 Å². The smallest absolute Gasteiger partial charge is 0.417 e. The van der Waals surface area contributed by atoms with Gasteiger partial charge in [0.05, 0.1) is 18.0 Å². The molecule has 0 aliphatic heterocycles. The zero-order valence-electron chi connectivity index (χ0n) is 9.98. The fourth-order valence-corrected chi connectivity index (χ4v) is 3.07. The number of aromatic nitrogens is 1. The molecule has 0 aliphatic carbocycles. The maximum absolute atomic E-state index is 11.1. The van der Waals surface area contributed by atoms with Crippen LogP contribution in [-0.2, 0) is 0 Å². The fraction of sp³-hybridized carbons (Fsp3) is 0.154. The van der Waals surface area contributed by atoms with Crippen LogP contribution < -0.4 is 10.5 Å². The molecule has 1 unspecified atom stereocenters. The lowest BCUT2D eigenvalue weighted by Gasteiger charge is -2.06. The van der Waals surface area contributed by atoms with Gasteiger partial charge in [0.1, 0.15) is 5.75 Å². The van der Waals surface area contributed by atoms with E-state index in [4.69, 9.17) is 20.8 Å². The van der Waals surface area contributed by atoms with E-state index in [0.29, 0.717) is 11.1 Å². The van der Waals surface area contributed by atoms with Gasteiger partial charge in [-0.3, -0.25) is 4.98 Å². The van der Waals surface area contributed by atoms with Crippen LogP contribution in [0.3, 0.4) is 0 Å². The number of halogens is 1. The summed E-state index contributed by atoms with van der Waals surface area (Å²) in [6.07, 6.45) is 0. The number of oxazole rings is 1. The molecule has 3 rings (SSSR count). The summed E-state index contributed by atoms with van der Waals surface area (Å²) in [5.41, 5.74) is 2.06. The molecule has 19 heavy (non-hydrogen) atoms. The summed E-state index contributed by atoms with van der Waals surface area (Å²) < 4.78 is 10.2. The normalized spacial score (nSPS) is 12.7. The van der Waals surface area contributed by atoms with Crippen molar-refractivity contribution in [3.63, 3.8) is 0 Å². The van der Waals surface area contributed by atoms with Crippen molar-refractivity contribution in [2.45, 2.75) is 5.38 Å². The van der Waals surface area contributed by atoms with Crippen molar-refractivity contribution in [3.8, 4) is 5.75 Å². The van der Waals surface area contributed by atoms with E-state index in [1.807, 2.05) is 17.5 Å². The maximum Gasteiger partial charge on any atom is 0.417 e. The molecule has 0 aliphatic rings. The van der Waals surface area contributed by atoms with Gasteiger partial charge < -0.3 is 9.15 Å². The van der Waals surface area contributed by atoms with Gasteiger partial charge in [0.25, 0.3) is 0 Å². The van der Waals surface area contributed by atoms with Gasteiger partial charge >= 0.3 is 5.76 Å². The molecule has 0 bridgehead atoms. The number of benzene rings is 1. The van der Waals surface area contributed by atoms with Crippen LogP contribution in [0, 0.1) is 0 Å². The lowest BCUT2D eigenvalue weighted by Crippen LogP contribution is -1.92. The van der Waals surface area contributed by atoms with Gasteiger partial charge in [-0.15, -0.1) is 22.9 Å². The van der Waals surface area contributed by atoms with E-state index in [9.17, 15) is 4.79 Å². The number of nitrogens with one attached hydrogen (secondary N) is 1. The van der Waals surface area contributed by atoms with Crippen molar-refractivity contribution in [3.05, 3.63) is 50.6 Å². The Morgan fingerprint density at radius 2 is 2.26 bits per heavy atom. The highest BCUT2D eigenvalue weighted by molar-refractivity contribution is 7.10. The minimum atomic E-state index is -0.462. The van der Waals surface area contributed by atoms with E-state index in [0.717, 1.165) is 16.2 Å². The van der Waals surface area contributed by atoms with Gasteiger partial charge in [0, 0.05) is 10.3 Å². The average Bonchev–Trinajstić information content (AvgIpc) is 3.01. The quantitative estimate of drug-likeness (QED) is 0.752. The third kappa shape index (κ3) is 2.27. The molecular formula is C13H10ClNO3S. The number of fused-ring (bicyclic) bond motifs is 1. The van der Waals surface area contributed by atoms with Crippen LogP contribution in [0.4, 0.5) is 0 Å². The van der Waals surface area contributed by atoms with Gasteiger partial charge in [-0.1, -0.05) is 6.07 Å². The highest BCUT2D eigenvalue weighted by Gasteiger charge is 2.15. The Bertz CT molecular complexity index is 773. The molecule has 6 heteroatoms. The summed E-state index contributed by atoms with van der Waals surface area (Å²) in [7, 11) is 1.62. The average molecular weight is 296 g/mol. The molecule has 4 nitrogen and oxygen atoms in total. The number of rotatable bonds is 3. The van der Waals surface area contributed by atoms with E-state index >= 15 is 0 Å². The Hall–Kier alpha value is -1.72. The van der Waals surface area contributed by atoms with Crippen molar-refractivity contribution in [1.82, 2.24) is 4.98 Å². The molecule has 98 valence electrons. The summed E-state index contributed by atoms with van der Waals surface area (Å²) >= 11 is 7.96. The van der Waals surface area contributed by atoms with Gasteiger partial charge in [0.2, 0.25) is 0 Å². The second kappa shape index (κ2) is 4.75. The first-order valence-electron chi connectivity index (χ1n) is 5.56. The number of ether oxygens (including phenoxy) is 1. The summed E-state index contributed by atoms with van der Waals surface area (Å²) in [5.74, 6) is 0.330. The van der Waals surface area contributed by atoms with Crippen molar-refractivity contribution in [2.75, 3.05) is 7.11 Å². The molecule has 1 N–H and O–H groups in total. The Morgan fingerprint density at radius 3 is 3.00 bits per heavy atom. The fourth-order valence-electron chi connectivity index (χ4n) is 1.86. The van der Waals surface area contributed by atoms with Crippen LogP contribution in [0.1, 0.15) is 15.8 Å². The van der Waals surface area contributed by atoms with E-state index in [1.54, 1.807) is 19.2 Å². The third-order valence-electron chi connectivity index (χ3n) is 2.82. The molecule has 0 fully saturated rings. The molecule has 3 aromatic rings. The number of hydrogen-bond acceptors (Lipinski definition) is 4. The number of H-pyrrole nitrogens is 1. The first-order valence-corrected chi connectivity index (χ1v) is 6.88. The maximum atomic E-state index is 11.1. The van der Waals surface area contributed by atoms with Crippen LogP contribution in [0.5, 0.6) is 5.75 Å². The predicted octanol–water partition coefficient (Wildman–Crippen LogP) is 3.52. The molecular weight excluding hydrogens is 286 g/mol. The second-order valence-electron chi connectivity index (χ2n) is 4.02. The van der Waals surface area contributed by atoms with Crippen LogP contribution >= 0.6 is 22.9 Å². The van der Waals surface area contributed by atoms with E-state index < -0.39 is 5.76 Å². The topological polar surface area (TPSA) is 55.2 Å². The molecule has 1 atom stereocenters. The molecule has 2 aromatic heterocycles. The van der Waals surface area contributed by atoms with Crippen LogP contribution in [0.15, 0.2) is 38.9 Å². The standard InChI is InChI=1S/C13H10ClNO3S/c1-17-8-5-11(19-6-8)12(14)7-2-3-9-10(4-7)18-13(16)15-9/h2-6,12H,1H3,(H,15,16). The lowest BCUT2D eigenvalue weighted by molar-refractivity contribution is 0.416. The van der Waals surface area contributed by atoms with Crippen LogP contribution in [-0.4, -0.2) is 12.1 Å². The number of hydrogen-bond donors (Lipinski definition) is 1. The van der Waals surface area contributed by atoms with Gasteiger partial charge in [-0.05, 0) is 23.8 Å². The lowest BCUT2D eigenvalue weighted by atomic mass is 10.1. The monoisotopic (exact) mass is 295 g/mol. The summed E-state index contributed by atoms with van der Waals surface area (Å²) in [4.78, 5) is 14.7. The van der Waals surface area contributed by atoms with E-state index in [1.165, 1.54) is 11.3 Å². The minimum absolute atomic E-state index is 0.293. The van der Waals surface area contributed by atoms with Crippen LogP contribution in [0.2, 0.25) is 0 Å². The summed E-state index contributed by atoms with van der Waals surface area (Å²) in [5, 5.41) is 1.61. The highest BCUT2D eigenvalue weighted by Crippen LogP contribution is 2.36. The molecule has 0 spiro atoms. The van der Waals surface area contributed by atoms with Crippen molar-refractivity contribution in [1.29, 1.82) is 0 Å². The Morgan fingerprint density at radius 1 is 1.42 bits per heavy atom. The van der Waals surface area contributed by atoms with Crippen molar-refractivity contribution < 1.29 is 9.15 Å². The van der Waals surface area contributed by atoms with Crippen molar-refractivity contribution >= 4 is 34.0 Å². The SMILES string of the molecule is COc1csc(C(Cl)c2ccc3[nH]c(=O)oc3c2)c1. The van der Waals surface area contributed by atoms with Crippen molar-refractivity contribution in [2.24, 2.45) is 0 Å². The molecule has 2 heterocycles. The van der Waals surface area contributed by atoms with E-state index in [2.05, 4.69) is 4.98 Å². The Balaban J connectivity index is 2.00. The number of alkyl halides is 1. The third-order valence-corrected chi connectivity index (χ3v) is 4.41. The predicted molar refractivity (Wildman–Crippen MR) is 75.4 cm³/mol. The molecule has 0 radical (unpaired) electrons. The first-order chi connectivity index (χ1) is 9.17. The van der Waals surface area contributed by atoms with E-state index in [-0.39, 0.29) is 5.38 Å². The summed E-state index contributed by atoms with van der Waals surface area (Å²) in [6.45, 7) is 0. The minimum Gasteiger partial charge on any atom is -0.496 e. The molecule has 0 saturated heterocycles. The number of methoxy groups -OCH3 is 1. The first kappa shape index (κ1) is 12.3. The Kier molecular flexibility index (Phi) is 3.08. The zero-order valence-corrected chi connectivity index (χ0v) is 11.5. The van der Waals surface area contributed by atoms with Crippen LogP contribution in [0.25, 0.3) is 11.1 Å². The highest BCUT2D eigenvalue weighted by atomic mass is 35.5. The number of aromatic amines is 1. The molecule has 0 amide bonds. The summed E-state index contributed by atoms with van der Waals surface area (Å²) in [6, 6.07) is 7.34. The second-order valence-corrected chi connectivity index (χ2v) is 5.40. The van der Waals surface area contributed by atoms with Gasteiger partial charge in [-0.25, -0.2) is 4.79 Å². The molecule has 1 aromatic carbocycles.